The van der Waals surface area contributed by atoms with Crippen molar-refractivity contribution in [1.29, 1.82) is 0 Å². The molecule has 0 amide bonds. The number of likely N-dealkylation sites (N-methyl/N-ethyl adjacent to an activating group) is 1. The van der Waals surface area contributed by atoms with Gasteiger partial charge in [-0.2, -0.15) is 0 Å². The van der Waals surface area contributed by atoms with Crippen LogP contribution >= 0.6 is 0 Å². The molecule has 0 aliphatic heterocycles. The summed E-state index contributed by atoms with van der Waals surface area (Å²) >= 11 is 0. The van der Waals surface area contributed by atoms with Crippen LogP contribution in [0.15, 0.2) is 12.1 Å². The summed E-state index contributed by atoms with van der Waals surface area (Å²) in [6.07, 6.45) is 4.76. The summed E-state index contributed by atoms with van der Waals surface area (Å²) in [5.41, 5.74) is 5.58. The Kier molecular flexibility index (Phi) is 4.08. The fourth-order valence-electron chi connectivity index (χ4n) is 2.79. The van der Waals surface area contributed by atoms with Gasteiger partial charge in [0.05, 0.1) is 4.92 Å². The number of nitrogens with zero attached hydrogens (tertiary/aromatic N) is 3. The molecular formula is C13H21N5O2. The summed E-state index contributed by atoms with van der Waals surface area (Å²) in [5.74, 6) is 0.534. The Balaban J connectivity index is 2.07. The molecule has 1 aromatic heterocycles. The van der Waals surface area contributed by atoms with Crippen molar-refractivity contribution in [2.24, 2.45) is 0 Å². The highest BCUT2D eigenvalue weighted by Gasteiger charge is 2.35. The van der Waals surface area contributed by atoms with E-state index in [0.717, 1.165) is 19.4 Å². The number of nitrogen functional groups attached to an aromatic ring is 1. The molecule has 0 unspecified atom stereocenters. The zero-order valence-corrected chi connectivity index (χ0v) is 11.9. The molecular weight excluding hydrogens is 258 g/mol. The Morgan fingerprint density at radius 3 is 2.60 bits per heavy atom. The molecule has 1 aliphatic rings. The van der Waals surface area contributed by atoms with Crippen LogP contribution in [0.5, 0.6) is 0 Å². The maximum atomic E-state index is 10.7. The molecule has 3 N–H and O–H groups in total. The van der Waals surface area contributed by atoms with E-state index in [9.17, 15) is 10.1 Å². The summed E-state index contributed by atoms with van der Waals surface area (Å²) in [6.45, 7) is 0.768. The Morgan fingerprint density at radius 2 is 2.10 bits per heavy atom. The lowest BCUT2D eigenvalue weighted by Crippen LogP contribution is -2.47. The van der Waals surface area contributed by atoms with Crippen molar-refractivity contribution in [1.82, 2.24) is 9.88 Å². The van der Waals surface area contributed by atoms with Gasteiger partial charge in [-0.05, 0) is 33.0 Å². The number of nitrogens with one attached hydrogen (secondary N) is 1. The molecule has 20 heavy (non-hydrogen) atoms. The minimum atomic E-state index is -0.523. The van der Waals surface area contributed by atoms with Gasteiger partial charge in [0, 0.05) is 18.2 Å². The Hall–Kier alpha value is -1.89. The van der Waals surface area contributed by atoms with E-state index >= 15 is 0 Å². The van der Waals surface area contributed by atoms with Crippen molar-refractivity contribution >= 4 is 17.3 Å². The largest absolute Gasteiger partial charge is 0.378 e. The van der Waals surface area contributed by atoms with Crippen molar-refractivity contribution < 1.29 is 4.92 Å². The molecule has 0 spiro atoms. The van der Waals surface area contributed by atoms with Gasteiger partial charge in [0.15, 0.2) is 0 Å². The SMILES string of the molecule is CN(C)C1(CNc2ccc([N+](=O)[O-])c(N)n2)CCCC1. The molecule has 1 aromatic rings. The summed E-state index contributed by atoms with van der Waals surface area (Å²) in [7, 11) is 4.18. The molecule has 0 saturated heterocycles. The summed E-state index contributed by atoms with van der Waals surface area (Å²) in [4.78, 5) is 16.5. The first-order chi connectivity index (χ1) is 9.44. The molecule has 7 heteroatoms. The predicted molar refractivity (Wildman–Crippen MR) is 78.7 cm³/mol. The van der Waals surface area contributed by atoms with Crippen molar-refractivity contribution in [3.63, 3.8) is 0 Å². The van der Waals surface area contributed by atoms with Crippen molar-refractivity contribution in [2.75, 3.05) is 31.7 Å². The summed E-state index contributed by atoms with van der Waals surface area (Å²) < 4.78 is 0. The second-order valence-corrected chi connectivity index (χ2v) is 5.54. The maximum absolute atomic E-state index is 10.7. The molecule has 0 atom stereocenters. The van der Waals surface area contributed by atoms with E-state index in [-0.39, 0.29) is 17.0 Å². The number of hydrogen-bond acceptors (Lipinski definition) is 6. The van der Waals surface area contributed by atoms with E-state index in [1.807, 2.05) is 0 Å². The smallest absolute Gasteiger partial charge is 0.311 e. The Labute approximate surface area is 118 Å². The third-order valence-corrected chi connectivity index (χ3v) is 4.18. The van der Waals surface area contributed by atoms with E-state index in [0.29, 0.717) is 5.82 Å². The lowest BCUT2D eigenvalue weighted by atomic mass is 9.96. The monoisotopic (exact) mass is 279 g/mol. The summed E-state index contributed by atoms with van der Waals surface area (Å²) in [5, 5.41) is 14.0. The first-order valence-electron chi connectivity index (χ1n) is 6.77. The minimum absolute atomic E-state index is 0.0506. The average Bonchev–Trinajstić information content (AvgIpc) is 2.86. The van der Waals surface area contributed by atoms with Gasteiger partial charge in [0.1, 0.15) is 5.82 Å². The van der Waals surface area contributed by atoms with Crippen LogP contribution in [0.1, 0.15) is 25.7 Å². The minimum Gasteiger partial charge on any atom is -0.378 e. The maximum Gasteiger partial charge on any atom is 0.311 e. The fourth-order valence-corrected chi connectivity index (χ4v) is 2.79. The highest BCUT2D eigenvalue weighted by molar-refractivity contribution is 5.57. The Bertz CT molecular complexity index is 498. The van der Waals surface area contributed by atoms with Crippen LogP contribution in [0.2, 0.25) is 0 Å². The highest BCUT2D eigenvalue weighted by atomic mass is 16.6. The van der Waals surface area contributed by atoms with Gasteiger partial charge in [0.2, 0.25) is 5.82 Å². The third-order valence-electron chi connectivity index (χ3n) is 4.18. The van der Waals surface area contributed by atoms with Gasteiger partial charge >= 0.3 is 5.69 Å². The van der Waals surface area contributed by atoms with E-state index < -0.39 is 4.92 Å². The third kappa shape index (κ3) is 2.82. The molecule has 1 saturated carbocycles. The predicted octanol–water partition coefficient (Wildman–Crippen LogP) is 1.86. The van der Waals surface area contributed by atoms with Crippen LogP contribution in [0.4, 0.5) is 17.3 Å². The zero-order valence-electron chi connectivity index (χ0n) is 11.9. The van der Waals surface area contributed by atoms with Gasteiger partial charge in [-0.15, -0.1) is 0 Å². The quantitative estimate of drug-likeness (QED) is 0.630. The molecule has 0 aromatic carbocycles. The van der Waals surface area contributed by atoms with Crippen LogP contribution in [0.25, 0.3) is 0 Å². The van der Waals surface area contributed by atoms with Gasteiger partial charge in [-0.3, -0.25) is 10.1 Å². The Morgan fingerprint density at radius 1 is 1.45 bits per heavy atom. The van der Waals surface area contributed by atoms with Gasteiger partial charge < -0.3 is 16.0 Å². The topological polar surface area (TPSA) is 97.3 Å². The van der Waals surface area contributed by atoms with Crippen LogP contribution < -0.4 is 11.1 Å². The number of hydrogen-bond donors (Lipinski definition) is 2. The van der Waals surface area contributed by atoms with Crippen molar-refractivity contribution in [2.45, 2.75) is 31.2 Å². The number of nitro groups is 1. The molecule has 1 heterocycles. The van der Waals surface area contributed by atoms with Gasteiger partial charge in [-0.25, -0.2) is 4.98 Å². The molecule has 0 radical (unpaired) electrons. The normalized spacial score (nSPS) is 17.4. The van der Waals surface area contributed by atoms with Crippen LogP contribution in [-0.4, -0.2) is 41.0 Å². The standard InChI is InChI=1S/C13H21N5O2/c1-17(2)13(7-3-4-8-13)9-15-11-6-5-10(18(19)20)12(14)16-11/h5-6H,3-4,7-9H2,1-2H3,(H3,14,15,16). The average molecular weight is 279 g/mol. The number of anilines is 2. The zero-order chi connectivity index (χ0) is 14.8. The number of aromatic nitrogens is 1. The second kappa shape index (κ2) is 5.62. The van der Waals surface area contributed by atoms with E-state index in [4.69, 9.17) is 5.73 Å². The van der Waals surface area contributed by atoms with Crippen molar-refractivity contribution in [3.05, 3.63) is 22.2 Å². The molecule has 1 aliphatic carbocycles. The highest BCUT2D eigenvalue weighted by Crippen LogP contribution is 2.34. The second-order valence-electron chi connectivity index (χ2n) is 5.54. The summed E-state index contributed by atoms with van der Waals surface area (Å²) in [6, 6.07) is 2.99. The van der Waals surface area contributed by atoms with Gasteiger partial charge in [-0.1, -0.05) is 12.8 Å². The van der Waals surface area contributed by atoms with Crippen molar-refractivity contribution in [3.8, 4) is 0 Å². The van der Waals surface area contributed by atoms with E-state index in [1.54, 1.807) is 6.07 Å². The lowest BCUT2D eigenvalue weighted by molar-refractivity contribution is -0.384. The number of nitrogens with two attached hydrogens (primary N) is 1. The molecule has 110 valence electrons. The van der Waals surface area contributed by atoms with E-state index in [1.165, 1.54) is 18.9 Å². The molecule has 7 nitrogen and oxygen atoms in total. The lowest BCUT2D eigenvalue weighted by Gasteiger charge is -2.36. The fraction of sp³-hybridized carbons (Fsp3) is 0.615. The molecule has 2 rings (SSSR count). The number of rotatable bonds is 5. The molecule has 0 bridgehead atoms. The number of pyridine rings is 1. The van der Waals surface area contributed by atoms with Crippen LogP contribution in [0, 0.1) is 10.1 Å². The molecule has 1 fully saturated rings. The van der Waals surface area contributed by atoms with Crippen LogP contribution in [0.3, 0.4) is 0 Å². The van der Waals surface area contributed by atoms with Gasteiger partial charge in [0.25, 0.3) is 0 Å². The first-order valence-corrected chi connectivity index (χ1v) is 6.77. The first kappa shape index (κ1) is 14.5. The van der Waals surface area contributed by atoms with E-state index in [2.05, 4.69) is 29.3 Å². The van der Waals surface area contributed by atoms with Crippen LogP contribution in [-0.2, 0) is 0 Å².